The number of allylic oxidation sites excluding steroid dienone is 1. The molecule has 0 radical (unpaired) electrons. The fourth-order valence-electron chi connectivity index (χ4n) is 0. The van der Waals surface area contributed by atoms with Crippen LogP contribution in [-0.4, -0.2) is 22.9 Å². The van der Waals surface area contributed by atoms with Gasteiger partial charge in [-0.3, -0.25) is 0 Å². The molecule has 0 aliphatic heterocycles. The monoisotopic (exact) mass is 236 g/mol. The molecule has 0 atom stereocenters. The summed E-state index contributed by atoms with van der Waals surface area (Å²) < 4.78 is 0. The molecule has 0 aliphatic rings. The molecule has 88 valence electrons. The Hall–Kier alpha value is -1.49. The Morgan fingerprint density at radius 3 is 1.40 bits per heavy atom. The molecule has 0 aromatic carbocycles. The van der Waals surface area contributed by atoms with Gasteiger partial charge in [0.15, 0.2) is 0 Å². The molecule has 5 nitrogen and oxygen atoms in total. The molecule has 0 saturated heterocycles. The molecule has 15 heavy (non-hydrogen) atoms. The molecule has 0 aromatic rings. The lowest BCUT2D eigenvalue weighted by Gasteiger charge is -1.93. The van der Waals surface area contributed by atoms with Crippen LogP contribution in [0.5, 0.6) is 0 Å². The maximum atomic E-state index is 9.49. The van der Waals surface area contributed by atoms with E-state index in [0.29, 0.717) is 0 Å². The summed E-state index contributed by atoms with van der Waals surface area (Å²) >= 11 is 4.67. The highest BCUT2D eigenvalue weighted by atomic mass is 35.5. The van der Waals surface area contributed by atoms with Gasteiger partial charge in [0.25, 0.3) is 0 Å². The van der Waals surface area contributed by atoms with Crippen LogP contribution in [0.1, 0.15) is 13.8 Å². The minimum atomic E-state index is -1.23. The summed E-state index contributed by atoms with van der Waals surface area (Å²) in [4.78, 5) is 18.6. The number of aliphatic hydroxyl groups is 1. The highest BCUT2D eigenvalue weighted by molar-refractivity contribution is 6.25. The summed E-state index contributed by atoms with van der Waals surface area (Å²) in [6, 6.07) is 0. The predicted molar refractivity (Wildman–Crippen MR) is 53.0 cm³/mol. The van der Waals surface area contributed by atoms with Gasteiger partial charge in [0.1, 0.15) is 0 Å². The zero-order chi connectivity index (χ0) is 13.0. The van der Waals surface area contributed by atoms with Gasteiger partial charge in [0.2, 0.25) is 0 Å². The third-order valence-corrected chi connectivity index (χ3v) is 0.676. The molecule has 0 amide bonds. The standard InChI is InChI=1S/C4H6O2.C3H6O.C2H3ClO2/c1-3(2)4(5)6;1-3(2)4;3-1-2(4)5/h1H2,2H3,(H,5,6);4H,1H2,2H3;1H2,(H,4,5)/p-2. The van der Waals surface area contributed by atoms with Crippen LogP contribution in [0.2, 0.25) is 0 Å². The first-order valence-corrected chi connectivity index (χ1v) is 4.15. The van der Waals surface area contributed by atoms with Gasteiger partial charge >= 0.3 is 0 Å². The summed E-state index contributed by atoms with van der Waals surface area (Å²) in [5, 5.41) is 26.5. The molecule has 1 N–H and O–H groups in total. The van der Waals surface area contributed by atoms with Crippen molar-refractivity contribution in [2.24, 2.45) is 0 Å². The zero-order valence-electron chi connectivity index (χ0n) is 8.58. The maximum Gasteiger partial charge on any atom is 0.0820 e. The van der Waals surface area contributed by atoms with E-state index in [-0.39, 0.29) is 11.3 Å². The molecule has 0 unspecified atom stereocenters. The van der Waals surface area contributed by atoms with Crippen molar-refractivity contribution in [1.82, 2.24) is 0 Å². The SMILES string of the molecule is C=C(C)C(=O)[O-].C=C(C)O.O=C([O-])CCl. The molecule has 6 heteroatoms. The Bertz CT molecular complexity index is 219. The van der Waals surface area contributed by atoms with Gasteiger partial charge in [-0.25, -0.2) is 0 Å². The van der Waals surface area contributed by atoms with Crippen molar-refractivity contribution >= 4 is 23.5 Å². The largest absolute Gasteiger partial charge is 0.549 e. The number of carboxylic acid groups (broad SMARTS) is 2. The normalized spacial score (nSPS) is 7.13. The lowest BCUT2D eigenvalue weighted by atomic mass is 10.4. The van der Waals surface area contributed by atoms with Gasteiger partial charge < -0.3 is 24.9 Å². The molecule has 0 spiro atoms. The summed E-state index contributed by atoms with van der Waals surface area (Å²) in [6.07, 6.45) is 0. The average Bonchev–Trinajstić information content (AvgIpc) is 2.04. The van der Waals surface area contributed by atoms with Crippen LogP contribution in [0, 0.1) is 0 Å². The van der Waals surface area contributed by atoms with Crippen LogP contribution in [0.15, 0.2) is 24.5 Å². The molecule has 0 fully saturated rings. The zero-order valence-corrected chi connectivity index (χ0v) is 9.34. The number of halogens is 1. The quantitative estimate of drug-likeness (QED) is 0.391. The van der Waals surface area contributed by atoms with Crippen LogP contribution in [0.3, 0.4) is 0 Å². The molecule has 0 saturated carbocycles. The third-order valence-electron chi connectivity index (χ3n) is 0.458. The van der Waals surface area contributed by atoms with Crippen LogP contribution >= 0.6 is 11.6 Å². The van der Waals surface area contributed by atoms with Crippen molar-refractivity contribution in [1.29, 1.82) is 0 Å². The van der Waals surface area contributed by atoms with Crippen molar-refractivity contribution in [3.63, 3.8) is 0 Å². The second-order valence-corrected chi connectivity index (χ2v) is 2.58. The van der Waals surface area contributed by atoms with E-state index in [9.17, 15) is 9.90 Å². The molecule has 0 aliphatic carbocycles. The minimum Gasteiger partial charge on any atom is -0.549 e. The number of carbonyl (C=O) groups excluding carboxylic acids is 2. The number of aliphatic carboxylic acids is 2. The lowest BCUT2D eigenvalue weighted by molar-refractivity contribution is -0.302. The van der Waals surface area contributed by atoms with E-state index in [1.807, 2.05) is 0 Å². The summed E-state index contributed by atoms with van der Waals surface area (Å²) in [7, 11) is 0. The number of hydrogen-bond acceptors (Lipinski definition) is 5. The number of carbonyl (C=O) groups is 2. The second kappa shape index (κ2) is 12.5. The first-order valence-electron chi connectivity index (χ1n) is 3.62. The van der Waals surface area contributed by atoms with Crippen LogP contribution in [0.25, 0.3) is 0 Å². The smallest absolute Gasteiger partial charge is 0.0820 e. The van der Waals surface area contributed by atoms with Crippen molar-refractivity contribution in [2.75, 3.05) is 5.88 Å². The Morgan fingerprint density at radius 1 is 1.27 bits per heavy atom. The van der Waals surface area contributed by atoms with Crippen molar-refractivity contribution in [2.45, 2.75) is 13.8 Å². The number of alkyl halides is 1. The van der Waals surface area contributed by atoms with E-state index in [2.05, 4.69) is 24.8 Å². The minimum absolute atomic E-state index is 0.0648. The second-order valence-electron chi connectivity index (χ2n) is 2.31. The number of rotatable bonds is 2. The fraction of sp³-hybridized carbons (Fsp3) is 0.333. The van der Waals surface area contributed by atoms with E-state index in [0.717, 1.165) is 0 Å². The van der Waals surface area contributed by atoms with Gasteiger partial charge in [-0.1, -0.05) is 13.2 Å². The van der Waals surface area contributed by atoms with Gasteiger partial charge in [0, 0.05) is 0 Å². The number of hydrogen-bond donors (Lipinski definition) is 1. The third kappa shape index (κ3) is 67.9. The first-order chi connectivity index (χ1) is 6.64. The van der Waals surface area contributed by atoms with Crippen molar-refractivity contribution in [3.05, 3.63) is 24.5 Å². The summed E-state index contributed by atoms with van der Waals surface area (Å²) in [5.41, 5.74) is 0.0648. The molecule has 0 bridgehead atoms. The number of carboxylic acids is 2. The van der Waals surface area contributed by atoms with E-state index in [1.165, 1.54) is 13.8 Å². The Morgan fingerprint density at radius 2 is 1.40 bits per heavy atom. The molecular weight excluding hydrogens is 224 g/mol. The van der Waals surface area contributed by atoms with E-state index in [1.54, 1.807) is 0 Å². The fourth-order valence-corrected chi connectivity index (χ4v) is 0. The van der Waals surface area contributed by atoms with Gasteiger partial charge in [-0.15, -0.1) is 11.6 Å². The molecule has 0 rings (SSSR count). The summed E-state index contributed by atoms with van der Waals surface area (Å²) in [6.45, 7) is 9.12. The van der Waals surface area contributed by atoms with Crippen LogP contribution in [0.4, 0.5) is 0 Å². The Kier molecular flexibility index (Phi) is 16.0. The van der Waals surface area contributed by atoms with Gasteiger partial charge in [-0.2, -0.15) is 0 Å². The molecular formula is C9H13ClO5-2. The topological polar surface area (TPSA) is 100 Å². The highest BCUT2D eigenvalue weighted by Crippen LogP contribution is 1.77. The Labute approximate surface area is 93.3 Å². The van der Waals surface area contributed by atoms with Gasteiger partial charge in [-0.05, 0) is 19.4 Å². The predicted octanol–water partition coefficient (Wildman–Crippen LogP) is -0.634. The average molecular weight is 237 g/mol. The summed E-state index contributed by atoms with van der Waals surface area (Å²) in [5.74, 6) is -2.67. The van der Waals surface area contributed by atoms with Crippen LogP contribution in [-0.2, 0) is 9.59 Å². The van der Waals surface area contributed by atoms with Gasteiger partial charge in [0.05, 0.1) is 23.6 Å². The van der Waals surface area contributed by atoms with E-state index < -0.39 is 17.8 Å². The highest BCUT2D eigenvalue weighted by Gasteiger charge is 1.76. The van der Waals surface area contributed by atoms with Crippen LogP contribution < -0.4 is 10.2 Å². The molecule has 0 heterocycles. The Balaban J connectivity index is -0.000000147. The maximum absolute atomic E-state index is 9.49. The number of aliphatic hydroxyl groups excluding tert-OH is 1. The van der Waals surface area contributed by atoms with Crippen molar-refractivity contribution in [3.8, 4) is 0 Å². The molecule has 0 aromatic heterocycles. The van der Waals surface area contributed by atoms with E-state index in [4.69, 9.17) is 15.0 Å². The van der Waals surface area contributed by atoms with Crippen molar-refractivity contribution < 1.29 is 24.9 Å². The lowest BCUT2D eigenvalue weighted by Crippen LogP contribution is -2.23. The van der Waals surface area contributed by atoms with E-state index >= 15 is 0 Å². The first kappa shape index (κ1) is 19.1.